The molecule has 0 aliphatic rings. The maximum atomic E-state index is 11.7. The number of benzene rings is 4. The van der Waals surface area contributed by atoms with Crippen molar-refractivity contribution >= 4 is 73.7 Å². The van der Waals surface area contributed by atoms with E-state index in [1.54, 1.807) is 18.6 Å². The highest BCUT2D eigenvalue weighted by Gasteiger charge is 2.30. The third-order valence-corrected chi connectivity index (χ3v) is 16.2. The van der Waals surface area contributed by atoms with Crippen LogP contribution in [0.1, 0.15) is 254 Å². The summed E-state index contributed by atoms with van der Waals surface area (Å²) in [6.07, 6.45) is 5.41. The Morgan fingerprint density at radius 3 is 0.716 bits per heavy atom. The van der Waals surface area contributed by atoms with E-state index >= 15 is 0 Å². The maximum Gasteiger partial charge on any atom is 0.128 e. The molecule has 0 saturated carbocycles. The summed E-state index contributed by atoms with van der Waals surface area (Å²) in [4.78, 5) is 32.4. The normalized spacial score (nSPS) is 14.7. The van der Waals surface area contributed by atoms with Crippen LogP contribution in [0.2, 0.25) is 0 Å². The zero-order valence-electron chi connectivity index (χ0n) is 54.7. The minimum absolute atomic E-state index is 0.135. The molecule has 81 heavy (non-hydrogen) atoms. The van der Waals surface area contributed by atoms with E-state index in [1.807, 2.05) is 62.3 Å². The van der Waals surface area contributed by atoms with Gasteiger partial charge in [-0.2, -0.15) is 0 Å². The van der Waals surface area contributed by atoms with Gasteiger partial charge in [0.15, 0.2) is 0 Å². The molecule has 0 bridgehead atoms. The summed E-state index contributed by atoms with van der Waals surface area (Å²) in [7, 11) is 0. The molecule has 9 nitrogen and oxygen atoms in total. The van der Waals surface area contributed by atoms with Crippen LogP contribution in [0.15, 0.2) is 81.0 Å². The fourth-order valence-corrected chi connectivity index (χ4v) is 10.2. The van der Waals surface area contributed by atoms with Gasteiger partial charge in [-0.05, 0) is 130 Å². The molecule has 0 amide bonds. The second kappa shape index (κ2) is 24.5. The average molecular weight is 1160 g/mol. The largest absolute Gasteiger partial charge is 0.507 e. The Morgan fingerprint density at radius 2 is 0.543 bits per heavy atom. The van der Waals surface area contributed by atoms with Crippen LogP contribution in [0.5, 0.6) is 17.2 Å². The van der Waals surface area contributed by atoms with Crippen LogP contribution < -0.4 is 0 Å². The van der Waals surface area contributed by atoms with Crippen molar-refractivity contribution in [2.45, 2.75) is 251 Å². The zero-order valence-corrected chi connectivity index (χ0v) is 57.4. The van der Waals surface area contributed by atoms with Crippen molar-refractivity contribution in [1.82, 2.24) is 0 Å². The predicted molar refractivity (Wildman–Crippen MR) is 361 cm³/mol. The summed E-state index contributed by atoms with van der Waals surface area (Å²) in [6, 6.07) is 12.6. The van der Waals surface area contributed by atoms with Crippen molar-refractivity contribution < 1.29 is 15.3 Å². The van der Waals surface area contributed by atoms with Gasteiger partial charge in [-0.25, -0.2) is 0 Å². The predicted octanol–water partition coefficient (Wildman–Crippen LogP) is 17.6. The molecule has 0 unspecified atom stereocenters. The fraction of sp³-hybridized carbons (Fsp3) is 0.565. The maximum absolute atomic E-state index is 11.7. The molecule has 4 rings (SSSR count). The summed E-state index contributed by atoms with van der Waals surface area (Å²) in [5, 5.41) is 35.0. The van der Waals surface area contributed by atoms with E-state index < -0.39 is 16.6 Å². The van der Waals surface area contributed by atoms with Crippen molar-refractivity contribution in [2.24, 2.45) is 30.0 Å². The van der Waals surface area contributed by atoms with Crippen molar-refractivity contribution in [1.29, 1.82) is 0 Å². The first-order valence-corrected chi connectivity index (χ1v) is 29.9. The van der Waals surface area contributed by atoms with Gasteiger partial charge in [-0.1, -0.05) is 143 Å². The number of phenols is 3. The molecule has 0 spiro atoms. The van der Waals surface area contributed by atoms with Gasteiger partial charge in [0.1, 0.15) is 17.2 Å². The molecular formula is C69H102N6O3S3. The van der Waals surface area contributed by atoms with E-state index in [9.17, 15) is 15.3 Å². The number of hydrogen-bond donors (Lipinski definition) is 6. The molecular weight excluding hydrogens is 1060 g/mol. The van der Waals surface area contributed by atoms with Gasteiger partial charge < -0.3 is 15.3 Å². The minimum Gasteiger partial charge on any atom is -0.507 e. The Morgan fingerprint density at radius 1 is 0.346 bits per heavy atom. The molecule has 4 aromatic carbocycles. The second-order valence-corrected chi connectivity index (χ2v) is 31.8. The fourth-order valence-electron chi connectivity index (χ4n) is 8.92. The second-order valence-electron chi connectivity index (χ2n) is 30.5. The van der Waals surface area contributed by atoms with E-state index in [0.717, 1.165) is 67.2 Å². The standard InChI is InChI=1S/C69H102N6O3S3/c1-40(46-28-43(61(4,5)6)31-52(55(46)76)64(13,14)15)70-37-67(22,23)73-34-49-58(79)50(35-74-68(24,25)38-71-41(2)47-29-44(62(7,8)9)32-53(56(47)77)65(16,17)18)60(81)51(59(49)80)36-75-69(26,27)39-72-42(3)48-30-45(63(10,11)12)33-54(57(48)78)66(19,20)21/h28-36,76-81H,37-39H2,1-27H3. The van der Waals surface area contributed by atoms with Crippen LogP contribution in [-0.2, 0) is 32.5 Å². The minimum atomic E-state index is -0.688. The Labute approximate surface area is 506 Å². The SMILES string of the molecule is CC(=NCC(C)(C)N=Cc1c(S)c(C=NC(C)(C)CN=C(C)c2cc(C(C)(C)C)cc(C(C)(C)C)c2O)c(S)c(C=NC(C)(C)CN=C(C)c2cc(C(C)(C)C)cc(C(C)(C)C)c2O)c1S)c1cc(C(C)(C)C)cc(C(C)(C)C)c1O. The van der Waals surface area contributed by atoms with Crippen LogP contribution in [0.3, 0.4) is 0 Å². The topological polar surface area (TPSA) is 135 Å². The summed E-state index contributed by atoms with van der Waals surface area (Å²) in [5.74, 6) is 0.757. The van der Waals surface area contributed by atoms with Gasteiger partial charge in [-0.3, -0.25) is 30.0 Å². The molecule has 0 atom stereocenters. The lowest BCUT2D eigenvalue weighted by atomic mass is 9.78. The Bertz CT molecular complexity index is 2820. The van der Waals surface area contributed by atoms with E-state index in [1.165, 1.54) is 0 Å². The number of aliphatic imine (C=N–C) groups is 6. The van der Waals surface area contributed by atoms with Crippen molar-refractivity contribution in [2.75, 3.05) is 19.6 Å². The summed E-state index contributed by atoms with van der Waals surface area (Å²) >= 11 is 15.5. The smallest absolute Gasteiger partial charge is 0.128 e. The van der Waals surface area contributed by atoms with Gasteiger partial charge in [0.25, 0.3) is 0 Å². The molecule has 0 aliphatic heterocycles. The number of thiol groups is 3. The van der Waals surface area contributed by atoms with Gasteiger partial charge in [0.2, 0.25) is 0 Å². The van der Waals surface area contributed by atoms with Crippen LogP contribution in [-0.4, -0.2) is 87.3 Å². The van der Waals surface area contributed by atoms with Crippen molar-refractivity contribution in [3.63, 3.8) is 0 Å². The Hall–Kier alpha value is -4.65. The lowest BCUT2D eigenvalue weighted by Crippen LogP contribution is -2.24. The lowest BCUT2D eigenvalue weighted by Gasteiger charge is -2.27. The van der Waals surface area contributed by atoms with E-state index in [2.05, 4.69) is 161 Å². The molecule has 3 N–H and O–H groups in total. The van der Waals surface area contributed by atoms with E-state index in [4.69, 9.17) is 67.8 Å². The molecule has 0 saturated heterocycles. The van der Waals surface area contributed by atoms with Gasteiger partial charge >= 0.3 is 0 Å². The molecule has 0 radical (unpaired) electrons. The molecule has 444 valence electrons. The van der Waals surface area contributed by atoms with Crippen LogP contribution >= 0.6 is 37.9 Å². The van der Waals surface area contributed by atoms with E-state index in [-0.39, 0.29) is 49.7 Å². The van der Waals surface area contributed by atoms with Crippen molar-refractivity contribution in [3.05, 3.63) is 103 Å². The molecule has 0 fully saturated rings. The lowest BCUT2D eigenvalue weighted by molar-refractivity contribution is 0.442. The number of hydrogen-bond acceptors (Lipinski definition) is 12. The summed E-state index contributed by atoms with van der Waals surface area (Å²) in [5.41, 5.74) is 9.08. The Kier molecular flexibility index (Phi) is 20.8. The van der Waals surface area contributed by atoms with E-state index in [0.29, 0.717) is 51.0 Å². The monoisotopic (exact) mass is 1160 g/mol. The quantitative estimate of drug-likeness (QED) is 0.0523. The first-order valence-electron chi connectivity index (χ1n) is 28.5. The van der Waals surface area contributed by atoms with Gasteiger partial charge in [0, 0.05) is 101 Å². The molecule has 0 aliphatic carbocycles. The van der Waals surface area contributed by atoms with Crippen LogP contribution in [0.4, 0.5) is 0 Å². The summed E-state index contributed by atoms with van der Waals surface area (Å²) in [6.45, 7) is 57.7. The molecule has 0 heterocycles. The zero-order chi connectivity index (χ0) is 62.4. The molecule has 4 aromatic rings. The molecule has 0 aromatic heterocycles. The highest BCUT2D eigenvalue weighted by Crippen LogP contribution is 2.42. The summed E-state index contributed by atoms with van der Waals surface area (Å²) < 4.78 is 0. The van der Waals surface area contributed by atoms with Crippen molar-refractivity contribution in [3.8, 4) is 17.2 Å². The average Bonchev–Trinajstić information content (AvgIpc) is 3.29. The Balaban J connectivity index is 1.87. The highest BCUT2D eigenvalue weighted by atomic mass is 32.1. The first-order chi connectivity index (χ1) is 36.4. The van der Waals surface area contributed by atoms with Gasteiger partial charge in [-0.15, -0.1) is 37.9 Å². The van der Waals surface area contributed by atoms with Crippen LogP contribution in [0, 0.1) is 0 Å². The third kappa shape index (κ3) is 17.7. The van der Waals surface area contributed by atoms with Gasteiger partial charge in [0.05, 0.1) is 36.3 Å². The molecule has 12 heteroatoms. The van der Waals surface area contributed by atoms with Crippen LogP contribution in [0.25, 0.3) is 0 Å². The first kappa shape index (κ1) is 68.8. The number of aromatic hydroxyl groups is 3. The number of phenolic OH excluding ortho intramolecular Hbond substituents is 3. The number of nitrogens with zero attached hydrogens (tertiary/aromatic N) is 6. The third-order valence-electron chi connectivity index (χ3n) is 14.8. The highest BCUT2D eigenvalue weighted by molar-refractivity contribution is 7.82. The number of rotatable bonds is 15.